The van der Waals surface area contributed by atoms with Gasteiger partial charge < -0.3 is 21.1 Å². The average molecular weight is 570 g/mol. The molecule has 0 saturated carbocycles. The molecule has 4 rings (SSSR count). The Morgan fingerprint density at radius 1 is 0.927 bits per heavy atom. The number of nitrogens with one attached hydrogen (secondary N) is 1. The van der Waals surface area contributed by atoms with Gasteiger partial charge in [-0.1, -0.05) is 48.9 Å². The van der Waals surface area contributed by atoms with Crippen molar-refractivity contribution in [2.75, 3.05) is 18.0 Å². The van der Waals surface area contributed by atoms with Gasteiger partial charge in [0.1, 0.15) is 5.75 Å². The molecule has 7 heteroatoms. The molecule has 0 fully saturated rings. The Bertz CT molecular complexity index is 1510. The maximum absolute atomic E-state index is 13.8. The van der Waals surface area contributed by atoms with Crippen molar-refractivity contribution in [1.82, 2.24) is 5.32 Å². The molecule has 0 saturated heterocycles. The quantitative estimate of drug-likeness (QED) is 0.180. The largest absolute Gasteiger partial charge is 0.508 e. The van der Waals surface area contributed by atoms with Gasteiger partial charge >= 0.3 is 0 Å². The van der Waals surface area contributed by atoms with Gasteiger partial charge in [0.05, 0.1) is 6.04 Å². The number of nitrogens with zero attached hydrogens (tertiary/aromatic N) is 1. The van der Waals surface area contributed by atoms with Gasteiger partial charge in [-0.25, -0.2) is 0 Å². The minimum atomic E-state index is -0.592. The molecule has 1 heterocycles. The second kappa shape index (κ2) is 13.0. The molecule has 1 unspecified atom stereocenters. The summed E-state index contributed by atoms with van der Waals surface area (Å²) in [5.74, 6) is -1.29. The van der Waals surface area contributed by atoms with E-state index in [0.29, 0.717) is 23.2 Å². The smallest absolute Gasteiger partial charge is 0.252 e. The summed E-state index contributed by atoms with van der Waals surface area (Å²) in [5, 5.41) is 14.1. The number of aromatic hydroxyl groups is 1. The Morgan fingerprint density at radius 2 is 1.61 bits per heavy atom. The van der Waals surface area contributed by atoms with E-state index >= 15 is 0 Å². The van der Waals surface area contributed by atoms with Gasteiger partial charge in [-0.05, 0) is 87.2 Å². The zero-order chi connectivity index (χ0) is 29.7. The molecule has 6 nitrogen and oxygen atoms in total. The van der Waals surface area contributed by atoms with Crippen LogP contribution < -0.4 is 16.0 Å². The number of rotatable bonds is 11. The van der Waals surface area contributed by atoms with Gasteiger partial charge in [-0.15, -0.1) is 11.3 Å². The van der Waals surface area contributed by atoms with E-state index in [1.165, 1.54) is 10.4 Å². The molecule has 214 valence electrons. The minimum absolute atomic E-state index is 0.175. The number of phenols is 1. The third kappa shape index (κ3) is 6.80. The van der Waals surface area contributed by atoms with Crippen molar-refractivity contribution >= 4 is 28.8 Å². The maximum atomic E-state index is 13.8. The highest BCUT2D eigenvalue weighted by atomic mass is 32.1. The lowest BCUT2D eigenvalue weighted by molar-refractivity contribution is 0.0939. The van der Waals surface area contributed by atoms with Gasteiger partial charge in [0.15, 0.2) is 0 Å². The number of phenolic OH excluding ortho intramolecular Hbond substituents is 1. The number of nitrogens with two attached hydrogens (primary N) is 1. The lowest BCUT2D eigenvalue weighted by Crippen LogP contribution is -2.33. The molecular formula is C34H39N3O3S. The molecule has 3 atom stereocenters. The van der Waals surface area contributed by atoms with Crippen LogP contribution >= 0.6 is 11.3 Å². The first-order valence-electron chi connectivity index (χ1n) is 14.0. The molecule has 4 N–H and O–H groups in total. The summed E-state index contributed by atoms with van der Waals surface area (Å²) in [4.78, 5) is 31.0. The van der Waals surface area contributed by atoms with Crippen LogP contribution in [0.15, 0.2) is 78.9 Å². The Kier molecular flexibility index (Phi) is 9.50. The fourth-order valence-corrected chi connectivity index (χ4v) is 6.32. The van der Waals surface area contributed by atoms with Gasteiger partial charge in [0.2, 0.25) is 5.91 Å². The third-order valence-electron chi connectivity index (χ3n) is 7.74. The number of thiophene rings is 1. The van der Waals surface area contributed by atoms with Crippen LogP contribution in [0.1, 0.15) is 85.8 Å². The summed E-state index contributed by atoms with van der Waals surface area (Å²) < 4.78 is 0. The van der Waals surface area contributed by atoms with Crippen molar-refractivity contribution in [2.24, 2.45) is 5.73 Å². The summed E-state index contributed by atoms with van der Waals surface area (Å²) in [6.07, 6.45) is 0. The molecule has 0 spiro atoms. The number of aryl methyl sites for hydroxylation is 2. The van der Waals surface area contributed by atoms with Crippen molar-refractivity contribution in [3.8, 4) is 5.75 Å². The standard InChI is InChI=1S/C34H39N3O3S/c1-6-37(25-17-14-21(2)15-18-25)20-29(26-10-7-8-13-30(26)38)23(4)32-27(33(35)39)11-9-12-28(32)34(40)36-24(5)31-19-16-22(3)41-31/h7-19,23-24,29,38H,6,20H2,1-5H3,(H2,35,39)(H,36,40)/t23-,24?,29+/m0/s1. The number of carbonyl (C=O) groups excluding carboxylic acids is 2. The van der Waals surface area contributed by atoms with Crippen LogP contribution in [0.4, 0.5) is 5.69 Å². The van der Waals surface area contributed by atoms with Gasteiger partial charge in [0.25, 0.3) is 5.91 Å². The van der Waals surface area contributed by atoms with Gasteiger partial charge in [-0.3, -0.25) is 9.59 Å². The van der Waals surface area contributed by atoms with Crippen molar-refractivity contribution in [2.45, 2.75) is 52.5 Å². The molecule has 3 aromatic carbocycles. The summed E-state index contributed by atoms with van der Waals surface area (Å²) >= 11 is 1.64. The minimum Gasteiger partial charge on any atom is -0.508 e. The number of anilines is 1. The second-order valence-electron chi connectivity index (χ2n) is 10.6. The van der Waals surface area contributed by atoms with Crippen LogP contribution in [-0.4, -0.2) is 30.0 Å². The van der Waals surface area contributed by atoms with E-state index in [-0.39, 0.29) is 29.5 Å². The molecule has 0 radical (unpaired) electrons. The number of likely N-dealkylation sites (N-methyl/N-ethyl adjacent to an activating group) is 1. The molecule has 0 aliphatic carbocycles. The van der Waals surface area contributed by atoms with Crippen LogP contribution in [-0.2, 0) is 0 Å². The molecule has 0 aliphatic rings. The predicted octanol–water partition coefficient (Wildman–Crippen LogP) is 7.07. The van der Waals surface area contributed by atoms with Gasteiger partial charge in [0, 0.05) is 45.6 Å². The van der Waals surface area contributed by atoms with E-state index in [1.807, 2.05) is 45.0 Å². The molecule has 0 aliphatic heterocycles. The number of hydrogen-bond donors (Lipinski definition) is 3. The van der Waals surface area contributed by atoms with Crippen molar-refractivity contribution in [1.29, 1.82) is 0 Å². The fourth-order valence-electron chi connectivity index (χ4n) is 5.44. The third-order valence-corrected chi connectivity index (χ3v) is 8.93. The molecular weight excluding hydrogens is 530 g/mol. The first-order chi connectivity index (χ1) is 19.6. The maximum Gasteiger partial charge on any atom is 0.252 e. The zero-order valence-corrected chi connectivity index (χ0v) is 25.2. The van der Waals surface area contributed by atoms with E-state index in [2.05, 4.69) is 48.3 Å². The monoisotopic (exact) mass is 569 g/mol. The SMILES string of the molecule is CCN(C[C@@H](c1ccccc1O)[C@H](C)c1c(C(N)=O)cccc1C(=O)NC(C)c1ccc(C)s1)c1ccc(C)cc1. The molecule has 41 heavy (non-hydrogen) atoms. The summed E-state index contributed by atoms with van der Waals surface area (Å²) in [6.45, 7) is 11.4. The highest BCUT2D eigenvalue weighted by molar-refractivity contribution is 7.12. The van der Waals surface area contributed by atoms with Crippen molar-refractivity contribution < 1.29 is 14.7 Å². The second-order valence-corrected chi connectivity index (χ2v) is 11.9. The van der Waals surface area contributed by atoms with E-state index in [0.717, 1.165) is 22.7 Å². The van der Waals surface area contributed by atoms with Crippen molar-refractivity contribution in [3.63, 3.8) is 0 Å². The summed E-state index contributed by atoms with van der Waals surface area (Å²) in [5.41, 5.74) is 10.2. The number of carbonyl (C=O) groups is 2. The number of para-hydroxylation sites is 1. The van der Waals surface area contributed by atoms with Crippen molar-refractivity contribution in [3.05, 3.63) is 116 Å². The fraction of sp³-hybridized carbons (Fsp3) is 0.294. The molecule has 2 amide bonds. The first-order valence-corrected chi connectivity index (χ1v) is 14.8. The average Bonchev–Trinajstić information content (AvgIpc) is 3.40. The summed E-state index contributed by atoms with van der Waals surface area (Å²) in [7, 11) is 0. The number of amides is 2. The number of hydrogen-bond acceptors (Lipinski definition) is 5. The van der Waals surface area contributed by atoms with E-state index < -0.39 is 5.91 Å². The van der Waals surface area contributed by atoms with Crippen LogP contribution in [0.2, 0.25) is 0 Å². The topological polar surface area (TPSA) is 95.7 Å². The normalized spacial score (nSPS) is 13.3. The Balaban J connectivity index is 1.79. The van der Waals surface area contributed by atoms with Crippen LogP contribution in [0.5, 0.6) is 5.75 Å². The van der Waals surface area contributed by atoms with E-state index in [4.69, 9.17) is 5.73 Å². The predicted molar refractivity (Wildman–Crippen MR) is 168 cm³/mol. The number of benzene rings is 3. The lowest BCUT2D eigenvalue weighted by atomic mass is 9.77. The Morgan fingerprint density at radius 3 is 2.22 bits per heavy atom. The lowest BCUT2D eigenvalue weighted by Gasteiger charge is -2.34. The highest BCUT2D eigenvalue weighted by Gasteiger charge is 2.31. The Labute approximate surface area is 246 Å². The molecule has 0 bridgehead atoms. The number of primary amides is 1. The summed E-state index contributed by atoms with van der Waals surface area (Å²) in [6, 6.07) is 24.6. The Hall–Kier alpha value is -4.10. The van der Waals surface area contributed by atoms with E-state index in [9.17, 15) is 14.7 Å². The molecule has 1 aromatic heterocycles. The highest BCUT2D eigenvalue weighted by Crippen LogP contribution is 2.41. The molecule has 4 aromatic rings. The van der Waals surface area contributed by atoms with Crippen LogP contribution in [0.25, 0.3) is 0 Å². The van der Waals surface area contributed by atoms with E-state index in [1.54, 1.807) is 41.7 Å². The van der Waals surface area contributed by atoms with Gasteiger partial charge in [-0.2, -0.15) is 0 Å². The first kappa shape index (κ1) is 29.9. The van der Waals surface area contributed by atoms with Crippen LogP contribution in [0, 0.1) is 13.8 Å². The van der Waals surface area contributed by atoms with Crippen LogP contribution in [0.3, 0.4) is 0 Å². The zero-order valence-electron chi connectivity index (χ0n) is 24.3.